The zero-order valence-corrected chi connectivity index (χ0v) is 23.9. The van der Waals surface area contributed by atoms with E-state index < -0.39 is 0 Å². The minimum Gasteiger partial charge on any atom is -0.680 e. The standard InChI is InChI=1S/C40H27N4/c1-2-10-27(11-3-1)28-16-19-33-34(24-28)40(30-18-21-38(44-26-30)36-15-7-9-23-42-36)32-13-5-4-12-31(32)39(33)29-17-20-37(43-25-29)35-14-6-8-22-41-35/h1-26,36H/q-1. The molecule has 8 rings (SSSR count). The quantitative estimate of drug-likeness (QED) is 0.196. The summed E-state index contributed by atoms with van der Waals surface area (Å²) in [6.07, 6.45) is 13.6. The lowest BCUT2D eigenvalue weighted by atomic mass is 9.85. The van der Waals surface area contributed by atoms with Gasteiger partial charge in [-0.15, -0.1) is 0 Å². The summed E-state index contributed by atoms with van der Waals surface area (Å²) in [5.74, 6) is 0. The molecule has 1 unspecified atom stereocenters. The number of hydrogen-bond donors (Lipinski definition) is 0. The second-order valence-corrected chi connectivity index (χ2v) is 10.9. The Bertz CT molecular complexity index is 2170. The normalized spacial score (nSPS) is 14.1. The van der Waals surface area contributed by atoms with E-state index in [1.54, 1.807) is 6.20 Å². The van der Waals surface area contributed by atoms with E-state index in [1.165, 1.54) is 43.8 Å². The maximum absolute atomic E-state index is 4.90. The van der Waals surface area contributed by atoms with Gasteiger partial charge in [-0.2, -0.15) is 6.20 Å². The van der Waals surface area contributed by atoms with Crippen LogP contribution in [0.4, 0.5) is 0 Å². The van der Waals surface area contributed by atoms with Gasteiger partial charge in [0.2, 0.25) is 0 Å². The fraction of sp³-hybridized carbons (Fsp3) is 0.0250. The van der Waals surface area contributed by atoms with Gasteiger partial charge < -0.3 is 5.32 Å². The molecule has 0 radical (unpaired) electrons. The second kappa shape index (κ2) is 11.1. The molecule has 0 saturated heterocycles. The van der Waals surface area contributed by atoms with Crippen LogP contribution in [-0.2, 0) is 0 Å². The number of nitrogens with zero attached hydrogens (tertiary/aromatic N) is 4. The van der Waals surface area contributed by atoms with Crippen molar-refractivity contribution in [1.82, 2.24) is 15.0 Å². The monoisotopic (exact) mass is 563 g/mol. The van der Waals surface area contributed by atoms with Gasteiger partial charge in [-0.1, -0.05) is 109 Å². The van der Waals surface area contributed by atoms with E-state index in [-0.39, 0.29) is 6.04 Å². The smallest absolute Gasteiger partial charge is 0.0886 e. The highest BCUT2D eigenvalue weighted by Gasteiger charge is 2.18. The van der Waals surface area contributed by atoms with E-state index >= 15 is 0 Å². The van der Waals surface area contributed by atoms with Crippen molar-refractivity contribution in [2.24, 2.45) is 0 Å². The van der Waals surface area contributed by atoms with Gasteiger partial charge in [0, 0.05) is 35.4 Å². The van der Waals surface area contributed by atoms with Crippen LogP contribution < -0.4 is 0 Å². The lowest BCUT2D eigenvalue weighted by Gasteiger charge is -2.28. The summed E-state index contributed by atoms with van der Waals surface area (Å²) >= 11 is 0. The second-order valence-electron chi connectivity index (χ2n) is 10.9. The third kappa shape index (κ3) is 4.63. The molecule has 44 heavy (non-hydrogen) atoms. The third-order valence-electron chi connectivity index (χ3n) is 8.23. The van der Waals surface area contributed by atoms with Gasteiger partial charge >= 0.3 is 0 Å². The molecule has 0 amide bonds. The maximum atomic E-state index is 4.90. The van der Waals surface area contributed by atoms with Crippen molar-refractivity contribution in [3.8, 4) is 44.8 Å². The fourth-order valence-electron chi connectivity index (χ4n) is 6.13. The molecule has 7 aromatic rings. The minimum absolute atomic E-state index is 0.0591. The van der Waals surface area contributed by atoms with Crippen molar-refractivity contribution >= 4 is 21.5 Å². The summed E-state index contributed by atoms with van der Waals surface area (Å²) < 4.78 is 0. The van der Waals surface area contributed by atoms with Crippen LogP contribution in [0.2, 0.25) is 0 Å². The Morgan fingerprint density at radius 1 is 0.477 bits per heavy atom. The average molecular weight is 564 g/mol. The topological polar surface area (TPSA) is 52.8 Å². The first-order chi connectivity index (χ1) is 21.8. The number of aromatic nitrogens is 3. The molecule has 4 aromatic carbocycles. The van der Waals surface area contributed by atoms with Gasteiger partial charge in [0.05, 0.1) is 11.4 Å². The van der Waals surface area contributed by atoms with Crippen molar-refractivity contribution in [1.29, 1.82) is 0 Å². The predicted octanol–water partition coefficient (Wildman–Crippen LogP) is 10.3. The molecule has 1 aliphatic heterocycles. The van der Waals surface area contributed by atoms with Crippen molar-refractivity contribution in [2.45, 2.75) is 6.04 Å². The molecule has 0 N–H and O–H groups in total. The van der Waals surface area contributed by atoms with Crippen LogP contribution >= 0.6 is 0 Å². The summed E-state index contributed by atoms with van der Waals surface area (Å²) in [4.78, 5) is 14.2. The van der Waals surface area contributed by atoms with Gasteiger partial charge in [-0.25, -0.2) is 0 Å². The van der Waals surface area contributed by atoms with E-state index in [2.05, 4.69) is 113 Å². The van der Waals surface area contributed by atoms with E-state index in [9.17, 15) is 0 Å². The molecule has 0 spiro atoms. The van der Waals surface area contributed by atoms with Crippen LogP contribution in [0.15, 0.2) is 158 Å². The lowest BCUT2D eigenvalue weighted by molar-refractivity contribution is 0.957. The highest BCUT2D eigenvalue weighted by molar-refractivity contribution is 6.21. The summed E-state index contributed by atoms with van der Waals surface area (Å²) in [6.45, 7) is 0. The molecule has 4 nitrogen and oxygen atoms in total. The van der Waals surface area contributed by atoms with Crippen molar-refractivity contribution in [3.05, 3.63) is 169 Å². The first-order valence-electron chi connectivity index (χ1n) is 14.7. The Labute approximate surface area is 256 Å². The first kappa shape index (κ1) is 25.8. The molecule has 4 heterocycles. The number of rotatable bonds is 5. The largest absolute Gasteiger partial charge is 0.680 e. The summed E-state index contributed by atoms with van der Waals surface area (Å²) in [5, 5.41) is 9.27. The van der Waals surface area contributed by atoms with E-state index in [4.69, 9.17) is 9.97 Å². The number of pyridine rings is 3. The molecule has 1 atom stereocenters. The molecular weight excluding hydrogens is 536 g/mol. The van der Waals surface area contributed by atoms with Crippen molar-refractivity contribution in [2.75, 3.05) is 0 Å². The Morgan fingerprint density at radius 3 is 1.84 bits per heavy atom. The van der Waals surface area contributed by atoms with Crippen LogP contribution in [0.25, 0.3) is 71.6 Å². The Kier molecular flexibility index (Phi) is 6.50. The SMILES string of the molecule is C1=C[N-]C(c2ccc(-c3c4ccccc4c(-c4ccc(-c5ccccn5)nc4)c4ccc(-c5ccccc5)cc34)cn2)C=C1. The molecule has 0 fully saturated rings. The highest BCUT2D eigenvalue weighted by atomic mass is 14.9. The number of fused-ring (bicyclic) bond motifs is 2. The third-order valence-corrected chi connectivity index (χ3v) is 8.23. The van der Waals surface area contributed by atoms with Crippen molar-refractivity contribution < 1.29 is 0 Å². The van der Waals surface area contributed by atoms with Gasteiger partial charge in [0.1, 0.15) is 0 Å². The van der Waals surface area contributed by atoms with Crippen LogP contribution in [-0.4, -0.2) is 15.0 Å². The number of allylic oxidation sites excluding steroid dienone is 2. The molecule has 1 aliphatic rings. The molecule has 0 saturated carbocycles. The highest BCUT2D eigenvalue weighted by Crippen LogP contribution is 2.45. The summed E-state index contributed by atoms with van der Waals surface area (Å²) in [6, 6.07) is 40.4. The Hall–Kier alpha value is -5.87. The van der Waals surface area contributed by atoms with Crippen LogP contribution in [0.3, 0.4) is 0 Å². The number of hydrogen-bond acceptors (Lipinski definition) is 3. The maximum Gasteiger partial charge on any atom is 0.0886 e. The molecule has 4 heteroatoms. The van der Waals surface area contributed by atoms with Gasteiger partial charge in [-0.3, -0.25) is 15.0 Å². The van der Waals surface area contributed by atoms with E-state index in [0.29, 0.717) is 0 Å². The van der Waals surface area contributed by atoms with E-state index in [0.717, 1.165) is 28.2 Å². The molecule has 0 bridgehead atoms. The van der Waals surface area contributed by atoms with Gasteiger partial charge in [0.15, 0.2) is 0 Å². The molecule has 3 aromatic heterocycles. The Balaban J connectivity index is 1.36. The molecular formula is C40H27N4-. The lowest BCUT2D eigenvalue weighted by Crippen LogP contribution is -1.98. The van der Waals surface area contributed by atoms with Crippen LogP contribution in [0, 0.1) is 0 Å². The predicted molar refractivity (Wildman–Crippen MR) is 181 cm³/mol. The van der Waals surface area contributed by atoms with Crippen LogP contribution in [0.1, 0.15) is 11.7 Å². The fourth-order valence-corrected chi connectivity index (χ4v) is 6.13. The van der Waals surface area contributed by atoms with Crippen LogP contribution in [0.5, 0.6) is 0 Å². The molecule has 0 aliphatic carbocycles. The van der Waals surface area contributed by atoms with E-state index in [1.807, 2.05) is 48.9 Å². The minimum atomic E-state index is -0.0591. The van der Waals surface area contributed by atoms with Crippen molar-refractivity contribution in [3.63, 3.8) is 0 Å². The van der Waals surface area contributed by atoms with Gasteiger partial charge in [0.25, 0.3) is 0 Å². The zero-order valence-electron chi connectivity index (χ0n) is 23.9. The first-order valence-corrected chi connectivity index (χ1v) is 14.7. The summed E-state index contributed by atoms with van der Waals surface area (Å²) in [5.41, 5.74) is 9.49. The summed E-state index contributed by atoms with van der Waals surface area (Å²) in [7, 11) is 0. The van der Waals surface area contributed by atoms with Gasteiger partial charge in [-0.05, 0) is 74.1 Å². The zero-order chi connectivity index (χ0) is 29.3. The Morgan fingerprint density at radius 2 is 1.16 bits per heavy atom. The number of benzene rings is 4. The molecule has 208 valence electrons. The average Bonchev–Trinajstić information content (AvgIpc) is 3.12.